The van der Waals surface area contributed by atoms with E-state index in [1.54, 1.807) is 55.5 Å². The Kier molecular flexibility index (Phi) is 11.4. The highest BCUT2D eigenvalue weighted by atomic mass is 35.5. The molecule has 190 valence electrons. The molecule has 0 aliphatic heterocycles. The Morgan fingerprint density at radius 1 is 1.19 bits per heavy atom. The van der Waals surface area contributed by atoms with E-state index in [4.69, 9.17) is 31.5 Å². The predicted octanol–water partition coefficient (Wildman–Crippen LogP) is 3.98. The van der Waals surface area contributed by atoms with Gasteiger partial charge in [-0.25, -0.2) is 19.8 Å². The second-order valence-corrected chi connectivity index (χ2v) is 7.18. The first-order chi connectivity index (χ1) is 17.9. The summed E-state index contributed by atoms with van der Waals surface area (Å²) in [5.41, 5.74) is 1.34. The zero-order chi connectivity index (χ0) is 27.0. The van der Waals surface area contributed by atoms with E-state index in [1.807, 2.05) is 6.07 Å². The van der Waals surface area contributed by atoms with Crippen LogP contribution in [-0.4, -0.2) is 45.1 Å². The molecular formula is C23H21ClN8O5. The number of carbonyl (C=O) groups excluding carboxylic acids is 1. The second kappa shape index (κ2) is 15.0. The molecule has 3 aromatic rings. The van der Waals surface area contributed by atoms with E-state index in [0.29, 0.717) is 23.0 Å². The van der Waals surface area contributed by atoms with Crippen LogP contribution in [0.15, 0.2) is 71.2 Å². The number of urea groups is 1. The highest BCUT2D eigenvalue weighted by Gasteiger charge is 2.16. The molecule has 0 spiro atoms. The van der Waals surface area contributed by atoms with Crippen molar-refractivity contribution < 1.29 is 19.4 Å². The molecule has 0 radical (unpaired) electrons. The zero-order valence-electron chi connectivity index (χ0n) is 19.4. The minimum atomic E-state index is -0.537. The number of nitriles is 1. The second-order valence-electron chi connectivity index (χ2n) is 6.74. The lowest BCUT2D eigenvalue weighted by Gasteiger charge is -2.18. The van der Waals surface area contributed by atoms with Crippen LogP contribution in [0.3, 0.4) is 0 Å². The average Bonchev–Trinajstić information content (AvgIpc) is 2.90. The largest absolute Gasteiger partial charge is 0.483 e. The van der Waals surface area contributed by atoms with Gasteiger partial charge in [-0.3, -0.25) is 10.1 Å². The van der Waals surface area contributed by atoms with Gasteiger partial charge in [0.05, 0.1) is 29.9 Å². The Labute approximate surface area is 216 Å². The van der Waals surface area contributed by atoms with Crippen molar-refractivity contribution in [2.45, 2.75) is 13.5 Å². The summed E-state index contributed by atoms with van der Waals surface area (Å²) in [5.74, 6) is 0.596. The van der Waals surface area contributed by atoms with Crippen molar-refractivity contribution in [1.29, 1.82) is 5.26 Å². The summed E-state index contributed by atoms with van der Waals surface area (Å²) >= 11 is 5.91. The third-order valence-corrected chi connectivity index (χ3v) is 4.44. The maximum atomic E-state index is 12.1. The minimum absolute atomic E-state index is 0.0600. The normalized spacial score (nSPS) is 10.1. The van der Waals surface area contributed by atoms with E-state index in [1.165, 1.54) is 12.4 Å². The van der Waals surface area contributed by atoms with E-state index in [-0.39, 0.29) is 30.6 Å². The topological polar surface area (TPSA) is 182 Å². The molecule has 0 saturated carbocycles. The summed E-state index contributed by atoms with van der Waals surface area (Å²) in [6.07, 6.45) is 2.64. The highest BCUT2D eigenvalue weighted by molar-refractivity contribution is 6.30. The van der Waals surface area contributed by atoms with Crippen molar-refractivity contribution >= 4 is 35.8 Å². The Morgan fingerprint density at radius 3 is 2.41 bits per heavy atom. The fourth-order valence-electron chi connectivity index (χ4n) is 2.62. The summed E-state index contributed by atoms with van der Waals surface area (Å²) in [7, 11) is 0. The smallest absolute Gasteiger partial charge is 0.321 e. The van der Waals surface area contributed by atoms with Crippen LogP contribution in [0.2, 0.25) is 5.02 Å². The van der Waals surface area contributed by atoms with E-state index >= 15 is 0 Å². The quantitative estimate of drug-likeness (QED) is 0.135. The summed E-state index contributed by atoms with van der Waals surface area (Å²) < 4.78 is 5.59. The summed E-state index contributed by atoms with van der Waals surface area (Å²) in [4.78, 5) is 44.3. The van der Waals surface area contributed by atoms with Crippen molar-refractivity contribution in [2.75, 3.05) is 6.54 Å². The van der Waals surface area contributed by atoms with E-state index in [2.05, 4.69) is 30.9 Å². The molecule has 0 fully saturated rings. The molecule has 0 atom stereocenters. The van der Waals surface area contributed by atoms with Gasteiger partial charge < -0.3 is 15.2 Å². The molecule has 1 aromatic heterocycles. The molecule has 0 aliphatic rings. The number of hydrogen-bond acceptors (Lipinski definition) is 9. The monoisotopic (exact) mass is 524 g/mol. The first-order valence-electron chi connectivity index (χ1n) is 10.5. The third-order valence-electron chi connectivity index (χ3n) is 4.19. The van der Waals surface area contributed by atoms with E-state index < -0.39 is 6.03 Å². The first-order valence-corrected chi connectivity index (χ1v) is 10.9. The number of aromatic nitrogens is 2. The minimum Gasteiger partial charge on any atom is -0.483 e. The number of nitroso groups, excluding NO2 is 1. The molecule has 0 unspecified atom stereocenters. The molecule has 0 bridgehead atoms. The van der Waals surface area contributed by atoms with Crippen LogP contribution in [0.4, 0.5) is 10.5 Å². The number of nitrogens with zero attached hydrogens (tertiary/aromatic N) is 6. The van der Waals surface area contributed by atoms with Crippen molar-refractivity contribution in [2.24, 2.45) is 10.3 Å². The van der Waals surface area contributed by atoms with Crippen LogP contribution in [-0.2, 0) is 11.3 Å². The number of ether oxygens (including phenoxy) is 1. The Bertz CT molecular complexity index is 1250. The molecule has 0 saturated heterocycles. The number of hydrogen-bond donors (Lipinski definition) is 3. The van der Waals surface area contributed by atoms with Crippen LogP contribution in [0.25, 0.3) is 0 Å². The Morgan fingerprint density at radius 2 is 1.86 bits per heavy atom. The van der Waals surface area contributed by atoms with Crippen LogP contribution in [0.1, 0.15) is 18.2 Å². The number of carbonyl (C=O) groups is 2. The van der Waals surface area contributed by atoms with Crippen LogP contribution in [0, 0.1) is 16.2 Å². The van der Waals surface area contributed by atoms with Gasteiger partial charge in [-0.15, -0.1) is 4.91 Å². The van der Waals surface area contributed by atoms with Crippen LogP contribution < -0.4 is 15.4 Å². The molecule has 37 heavy (non-hydrogen) atoms. The van der Waals surface area contributed by atoms with Crippen molar-refractivity contribution in [3.63, 3.8) is 0 Å². The lowest BCUT2D eigenvalue weighted by Crippen LogP contribution is -2.45. The Balaban J connectivity index is 0.00000153. The third kappa shape index (κ3) is 9.59. The number of carboxylic acid groups (broad SMARTS) is 1. The van der Waals surface area contributed by atoms with Gasteiger partial charge in [0, 0.05) is 11.6 Å². The zero-order valence-corrected chi connectivity index (χ0v) is 20.2. The lowest BCUT2D eigenvalue weighted by molar-refractivity contribution is -0.122. The van der Waals surface area contributed by atoms with Gasteiger partial charge in [0.1, 0.15) is 11.8 Å². The molecule has 1 heterocycles. The predicted molar refractivity (Wildman–Crippen MR) is 134 cm³/mol. The molecule has 2 amide bonds. The number of halogens is 1. The van der Waals surface area contributed by atoms with Crippen LogP contribution in [0.5, 0.6) is 11.6 Å². The van der Waals surface area contributed by atoms with Crippen LogP contribution >= 0.6 is 11.6 Å². The van der Waals surface area contributed by atoms with Gasteiger partial charge in [0.15, 0.2) is 5.69 Å². The SMILES string of the molecule is CCNC(=O)NC(=Nc1ccc(Oc2cnc(C#N)cn2)cc1)N(Cc1ccc(Cl)cc1)N=O.O=CO. The average molecular weight is 525 g/mol. The number of guanidine groups is 1. The highest BCUT2D eigenvalue weighted by Crippen LogP contribution is 2.23. The van der Waals surface area contributed by atoms with E-state index in [0.717, 1.165) is 10.6 Å². The number of aliphatic imine (C=N–C) groups is 1. The summed E-state index contributed by atoms with van der Waals surface area (Å²) in [6, 6.07) is 14.7. The number of rotatable bonds is 7. The fraction of sp³-hybridized carbons (Fsp3) is 0.130. The van der Waals surface area contributed by atoms with Gasteiger partial charge in [-0.05, 0) is 48.9 Å². The lowest BCUT2D eigenvalue weighted by atomic mass is 10.2. The molecule has 13 nitrogen and oxygen atoms in total. The first kappa shape index (κ1) is 28.1. The van der Waals surface area contributed by atoms with E-state index in [9.17, 15) is 9.70 Å². The Hall–Kier alpha value is -5.09. The van der Waals surface area contributed by atoms with Gasteiger partial charge in [0.25, 0.3) is 6.47 Å². The molecule has 0 aliphatic carbocycles. The van der Waals surface area contributed by atoms with Crippen molar-refractivity contribution in [1.82, 2.24) is 25.6 Å². The molecule has 3 rings (SSSR count). The standard InChI is InChI=1S/C22H19ClN8O3.CH2O2/c1-2-25-22(32)29-21(31(30-33)14-15-3-5-16(23)6-4-15)28-17-7-9-19(10-8-17)34-20-13-26-18(11-24)12-27-20;2-1-3/h3-10,12-13H,2,14H2,1H3,(H2,25,28,29,32);1H,(H,2,3). The van der Waals surface area contributed by atoms with Gasteiger partial charge >= 0.3 is 6.03 Å². The summed E-state index contributed by atoms with van der Waals surface area (Å²) in [6.45, 7) is 1.95. The maximum absolute atomic E-state index is 12.1. The van der Waals surface area contributed by atoms with Gasteiger partial charge in [-0.1, -0.05) is 23.7 Å². The van der Waals surface area contributed by atoms with Crippen molar-refractivity contribution in [3.8, 4) is 17.7 Å². The van der Waals surface area contributed by atoms with Gasteiger partial charge in [0.2, 0.25) is 11.8 Å². The molecule has 3 N–H and O–H groups in total. The van der Waals surface area contributed by atoms with Crippen molar-refractivity contribution in [3.05, 3.63) is 82.1 Å². The summed E-state index contributed by atoms with van der Waals surface area (Å²) in [5, 5.41) is 25.4. The number of amides is 2. The van der Waals surface area contributed by atoms with Gasteiger partial charge in [-0.2, -0.15) is 10.3 Å². The molecular weight excluding hydrogens is 504 g/mol. The molecule has 2 aromatic carbocycles. The number of nitrogens with one attached hydrogen (secondary N) is 2. The molecule has 14 heteroatoms. The number of benzene rings is 2. The maximum Gasteiger partial charge on any atom is 0.321 e. The fourth-order valence-corrected chi connectivity index (χ4v) is 2.75.